The van der Waals surface area contributed by atoms with Crippen LogP contribution in [0.1, 0.15) is 16.7 Å². The maximum Gasteiger partial charge on any atom is 0.416 e. The predicted molar refractivity (Wildman–Crippen MR) is 83.1 cm³/mol. The molecule has 2 rings (SSSR count). The number of oxime groups is 1. The zero-order valence-electron chi connectivity index (χ0n) is 12.4. The molecule has 2 aromatic carbocycles. The lowest BCUT2D eigenvalue weighted by Crippen LogP contribution is -2.11. The summed E-state index contributed by atoms with van der Waals surface area (Å²) in [4.78, 5) is 5.11. The molecule has 0 unspecified atom stereocenters. The molecule has 0 aliphatic heterocycles. The quantitative estimate of drug-likeness (QED) is 0.501. The Morgan fingerprint density at radius 2 is 1.65 bits per heavy atom. The van der Waals surface area contributed by atoms with Gasteiger partial charge in [0, 0.05) is 13.0 Å². The van der Waals surface area contributed by atoms with Gasteiger partial charge in [0.2, 0.25) is 0 Å². The smallest absolute Gasteiger partial charge is 0.394 e. The number of benzene rings is 2. The van der Waals surface area contributed by atoms with Gasteiger partial charge >= 0.3 is 6.18 Å². The molecule has 0 aromatic heterocycles. The highest BCUT2D eigenvalue weighted by Gasteiger charge is 2.30. The van der Waals surface area contributed by atoms with Crippen LogP contribution in [-0.2, 0) is 17.4 Å². The summed E-state index contributed by atoms with van der Waals surface area (Å²) < 4.78 is 37.9. The van der Waals surface area contributed by atoms with Crippen molar-refractivity contribution >= 4 is 5.71 Å². The monoisotopic (exact) mass is 322 g/mol. The van der Waals surface area contributed by atoms with Gasteiger partial charge in [0.05, 0.1) is 11.3 Å². The Bertz CT molecular complexity index is 637. The van der Waals surface area contributed by atoms with Gasteiger partial charge < -0.3 is 10.6 Å². The Morgan fingerprint density at radius 1 is 1.00 bits per heavy atom. The van der Waals surface area contributed by atoms with E-state index in [1.54, 1.807) is 0 Å². The third-order valence-corrected chi connectivity index (χ3v) is 3.14. The van der Waals surface area contributed by atoms with Crippen molar-refractivity contribution in [1.82, 2.24) is 0 Å². The van der Waals surface area contributed by atoms with Crippen LogP contribution in [0, 0.1) is 0 Å². The third kappa shape index (κ3) is 5.10. The van der Waals surface area contributed by atoms with Crippen LogP contribution in [0.25, 0.3) is 0 Å². The predicted octanol–water partition coefficient (Wildman–Crippen LogP) is 3.63. The van der Waals surface area contributed by atoms with Crippen molar-refractivity contribution in [1.29, 1.82) is 0 Å². The van der Waals surface area contributed by atoms with Gasteiger partial charge in [0.1, 0.15) is 6.61 Å². The largest absolute Gasteiger partial charge is 0.416 e. The molecule has 0 fully saturated rings. The Labute approximate surface area is 132 Å². The number of alkyl halides is 3. The number of halogens is 3. The van der Waals surface area contributed by atoms with Gasteiger partial charge in [-0.25, -0.2) is 0 Å². The number of nitrogens with zero attached hydrogens (tertiary/aromatic N) is 1. The van der Waals surface area contributed by atoms with E-state index in [1.807, 2.05) is 30.3 Å². The normalized spacial score (nSPS) is 12.3. The van der Waals surface area contributed by atoms with Crippen LogP contribution in [0.5, 0.6) is 0 Å². The molecule has 0 saturated heterocycles. The molecule has 0 aliphatic rings. The number of hydrogen-bond acceptors (Lipinski definition) is 3. The van der Waals surface area contributed by atoms with Gasteiger partial charge in [-0.05, 0) is 23.3 Å². The maximum atomic E-state index is 12.6. The Hall–Kier alpha value is -2.34. The van der Waals surface area contributed by atoms with E-state index < -0.39 is 11.7 Å². The van der Waals surface area contributed by atoms with Crippen molar-refractivity contribution < 1.29 is 18.0 Å². The fourth-order valence-electron chi connectivity index (χ4n) is 2.00. The van der Waals surface area contributed by atoms with E-state index in [-0.39, 0.29) is 6.61 Å². The van der Waals surface area contributed by atoms with Crippen LogP contribution < -0.4 is 5.73 Å². The molecule has 0 bridgehead atoms. The lowest BCUT2D eigenvalue weighted by molar-refractivity contribution is -0.137. The lowest BCUT2D eigenvalue weighted by atomic mass is 10.0. The average Bonchev–Trinajstić information content (AvgIpc) is 2.54. The minimum atomic E-state index is -4.36. The van der Waals surface area contributed by atoms with Crippen molar-refractivity contribution in [3.8, 4) is 0 Å². The fraction of sp³-hybridized carbons (Fsp3) is 0.235. The number of hydrogen-bond donors (Lipinski definition) is 1. The first kappa shape index (κ1) is 17.0. The lowest BCUT2D eigenvalue weighted by Gasteiger charge is -2.10. The minimum absolute atomic E-state index is 0.249. The zero-order valence-corrected chi connectivity index (χ0v) is 12.4. The summed E-state index contributed by atoms with van der Waals surface area (Å²) in [6.45, 7) is 0.564. The molecule has 6 heteroatoms. The van der Waals surface area contributed by atoms with Gasteiger partial charge in [0.25, 0.3) is 0 Å². The maximum absolute atomic E-state index is 12.6. The molecule has 122 valence electrons. The van der Waals surface area contributed by atoms with E-state index in [0.29, 0.717) is 24.2 Å². The molecule has 0 heterocycles. The van der Waals surface area contributed by atoms with Gasteiger partial charge in [-0.1, -0.05) is 47.6 Å². The molecule has 0 amide bonds. The number of rotatable bonds is 6. The van der Waals surface area contributed by atoms with Crippen molar-refractivity contribution in [2.24, 2.45) is 10.9 Å². The average molecular weight is 322 g/mol. The van der Waals surface area contributed by atoms with E-state index in [4.69, 9.17) is 10.6 Å². The van der Waals surface area contributed by atoms with Crippen molar-refractivity contribution in [3.63, 3.8) is 0 Å². The molecule has 3 nitrogen and oxygen atoms in total. The number of nitrogens with two attached hydrogens (primary N) is 1. The topological polar surface area (TPSA) is 47.6 Å². The van der Waals surface area contributed by atoms with Crippen LogP contribution >= 0.6 is 0 Å². The van der Waals surface area contributed by atoms with Crippen molar-refractivity contribution in [3.05, 3.63) is 71.3 Å². The van der Waals surface area contributed by atoms with Gasteiger partial charge in [-0.15, -0.1) is 0 Å². The Morgan fingerprint density at radius 3 is 2.22 bits per heavy atom. The summed E-state index contributed by atoms with van der Waals surface area (Å²) >= 11 is 0. The summed E-state index contributed by atoms with van der Waals surface area (Å²) in [6, 6.07) is 14.4. The second kappa shape index (κ2) is 7.78. The minimum Gasteiger partial charge on any atom is -0.394 e. The Kier molecular flexibility index (Phi) is 5.76. The van der Waals surface area contributed by atoms with Gasteiger partial charge in [0.15, 0.2) is 0 Å². The molecule has 2 aromatic rings. The third-order valence-electron chi connectivity index (χ3n) is 3.14. The summed E-state index contributed by atoms with van der Waals surface area (Å²) in [7, 11) is 0. The van der Waals surface area contributed by atoms with Crippen LogP contribution in [0.2, 0.25) is 0 Å². The van der Waals surface area contributed by atoms with Crippen LogP contribution in [0.3, 0.4) is 0 Å². The van der Waals surface area contributed by atoms with Gasteiger partial charge in [-0.3, -0.25) is 0 Å². The van der Waals surface area contributed by atoms with Crippen LogP contribution in [0.4, 0.5) is 13.2 Å². The van der Waals surface area contributed by atoms with Crippen LogP contribution in [0.15, 0.2) is 59.8 Å². The highest BCUT2D eigenvalue weighted by Crippen LogP contribution is 2.29. The fourth-order valence-corrected chi connectivity index (χ4v) is 2.00. The second-order valence-electron chi connectivity index (χ2n) is 4.90. The van der Waals surface area contributed by atoms with E-state index in [2.05, 4.69) is 5.16 Å². The molecule has 0 atom stereocenters. The first-order chi connectivity index (χ1) is 11.0. The molecule has 0 aliphatic carbocycles. The standard InChI is InChI=1S/C17H17F3N2O/c18-17(19,20)15-8-6-14(7-9-15)16(22-23-11-10-21)12-13-4-2-1-3-5-13/h1-9H,10-12,21H2/b22-16+. The highest BCUT2D eigenvalue weighted by atomic mass is 19.4. The summed E-state index contributed by atoms with van der Waals surface area (Å²) in [5.41, 5.74) is 6.79. The molecule has 23 heavy (non-hydrogen) atoms. The summed E-state index contributed by atoms with van der Waals surface area (Å²) in [6.07, 6.45) is -3.90. The van der Waals surface area contributed by atoms with Gasteiger partial charge in [-0.2, -0.15) is 13.2 Å². The van der Waals surface area contributed by atoms with E-state index >= 15 is 0 Å². The molecular weight excluding hydrogens is 305 g/mol. The first-order valence-corrected chi connectivity index (χ1v) is 7.11. The van der Waals surface area contributed by atoms with Crippen LogP contribution in [-0.4, -0.2) is 18.9 Å². The zero-order chi connectivity index (χ0) is 16.7. The molecular formula is C17H17F3N2O. The first-order valence-electron chi connectivity index (χ1n) is 7.11. The Balaban J connectivity index is 2.24. The van der Waals surface area contributed by atoms with E-state index in [0.717, 1.165) is 17.7 Å². The SMILES string of the molecule is NCCO/N=C(\Cc1ccccc1)c1ccc(C(F)(F)F)cc1. The van der Waals surface area contributed by atoms with E-state index in [1.165, 1.54) is 12.1 Å². The molecule has 2 N–H and O–H groups in total. The summed E-state index contributed by atoms with van der Waals surface area (Å²) in [5.74, 6) is 0. The second-order valence-corrected chi connectivity index (χ2v) is 4.90. The summed E-state index contributed by atoms with van der Waals surface area (Å²) in [5, 5.41) is 4.03. The van der Waals surface area contributed by atoms with Crippen molar-refractivity contribution in [2.45, 2.75) is 12.6 Å². The van der Waals surface area contributed by atoms with Crippen molar-refractivity contribution in [2.75, 3.05) is 13.2 Å². The molecule has 0 spiro atoms. The molecule has 0 saturated carbocycles. The van der Waals surface area contributed by atoms with E-state index in [9.17, 15) is 13.2 Å². The molecule has 0 radical (unpaired) electrons. The highest BCUT2D eigenvalue weighted by molar-refractivity contribution is 6.01.